The van der Waals surface area contributed by atoms with Gasteiger partial charge in [0.25, 0.3) is 5.91 Å². The first-order valence-corrected chi connectivity index (χ1v) is 7.76. The first-order chi connectivity index (χ1) is 10.0. The first kappa shape index (κ1) is 15.5. The molecule has 0 spiro atoms. The van der Waals surface area contributed by atoms with Gasteiger partial charge in [-0.2, -0.15) is 0 Å². The van der Waals surface area contributed by atoms with Crippen LogP contribution in [0.2, 0.25) is 0 Å². The molecule has 2 amide bonds. The number of nitrogens with one attached hydrogen (secondary N) is 2. The molecule has 0 aliphatic heterocycles. The van der Waals surface area contributed by atoms with Crippen LogP contribution in [0.4, 0.5) is 5.69 Å². The molecule has 4 nitrogen and oxygen atoms in total. The highest BCUT2D eigenvalue weighted by atomic mass is 16.2. The molecule has 0 saturated heterocycles. The summed E-state index contributed by atoms with van der Waals surface area (Å²) in [6.45, 7) is 6.19. The van der Waals surface area contributed by atoms with Crippen LogP contribution in [0.1, 0.15) is 50.4 Å². The van der Waals surface area contributed by atoms with Crippen LogP contribution in [0.5, 0.6) is 0 Å². The Bertz CT molecular complexity index is 523. The predicted molar refractivity (Wildman–Crippen MR) is 84.2 cm³/mol. The Balaban J connectivity index is 1.99. The Hall–Kier alpha value is -1.84. The Kier molecular flexibility index (Phi) is 4.99. The number of anilines is 1. The summed E-state index contributed by atoms with van der Waals surface area (Å²) in [5.74, 6) is 0.582. The van der Waals surface area contributed by atoms with E-state index in [4.69, 9.17) is 0 Å². The van der Waals surface area contributed by atoms with Gasteiger partial charge in [-0.1, -0.05) is 26.8 Å². The number of benzene rings is 1. The lowest BCUT2D eigenvalue weighted by Crippen LogP contribution is -2.33. The third-order valence-electron chi connectivity index (χ3n) is 4.16. The maximum absolute atomic E-state index is 12.2. The zero-order valence-electron chi connectivity index (χ0n) is 13.0. The van der Waals surface area contributed by atoms with Crippen molar-refractivity contribution in [1.82, 2.24) is 5.32 Å². The molecule has 0 heterocycles. The van der Waals surface area contributed by atoms with E-state index in [9.17, 15) is 9.59 Å². The number of carbonyl (C=O) groups excluding carboxylic acids is 2. The molecule has 0 bridgehead atoms. The molecule has 2 unspecified atom stereocenters. The van der Waals surface area contributed by atoms with E-state index in [1.54, 1.807) is 18.2 Å². The summed E-state index contributed by atoms with van der Waals surface area (Å²) in [6.07, 6.45) is 2.79. The number of rotatable bonds is 6. The van der Waals surface area contributed by atoms with E-state index in [1.165, 1.54) is 0 Å². The van der Waals surface area contributed by atoms with Gasteiger partial charge in [0, 0.05) is 23.2 Å². The average molecular weight is 288 g/mol. The van der Waals surface area contributed by atoms with Gasteiger partial charge in [0.1, 0.15) is 0 Å². The Morgan fingerprint density at radius 3 is 2.52 bits per heavy atom. The van der Waals surface area contributed by atoms with Crippen LogP contribution < -0.4 is 10.6 Å². The Labute approximate surface area is 126 Å². The van der Waals surface area contributed by atoms with E-state index >= 15 is 0 Å². The average Bonchev–Trinajstić information content (AvgIpc) is 3.22. The fraction of sp³-hybridized carbons (Fsp3) is 0.529. The number of hydrogen-bond acceptors (Lipinski definition) is 2. The maximum atomic E-state index is 12.2. The second-order valence-electron chi connectivity index (χ2n) is 5.88. The van der Waals surface area contributed by atoms with E-state index in [1.807, 2.05) is 6.07 Å². The van der Waals surface area contributed by atoms with Crippen LogP contribution in [-0.4, -0.2) is 17.9 Å². The molecule has 1 saturated carbocycles. The topological polar surface area (TPSA) is 58.2 Å². The normalized spacial score (nSPS) is 20.2. The smallest absolute Gasteiger partial charge is 0.251 e. The summed E-state index contributed by atoms with van der Waals surface area (Å²) >= 11 is 0. The molecular weight excluding hydrogens is 264 g/mol. The highest BCUT2D eigenvalue weighted by Crippen LogP contribution is 2.38. The van der Waals surface area contributed by atoms with Gasteiger partial charge in [-0.05, 0) is 43.4 Å². The quantitative estimate of drug-likeness (QED) is 0.844. The molecule has 2 rings (SSSR count). The summed E-state index contributed by atoms with van der Waals surface area (Å²) in [6, 6.07) is 7.32. The summed E-state index contributed by atoms with van der Waals surface area (Å²) in [5, 5.41) is 5.90. The van der Waals surface area contributed by atoms with Gasteiger partial charge in [0.2, 0.25) is 5.91 Å². The van der Waals surface area contributed by atoms with Crippen molar-refractivity contribution in [2.24, 2.45) is 11.8 Å². The molecule has 1 aliphatic rings. The summed E-state index contributed by atoms with van der Waals surface area (Å²) in [5.41, 5.74) is 1.28. The third-order valence-corrected chi connectivity index (χ3v) is 4.16. The molecule has 1 aromatic carbocycles. The van der Waals surface area contributed by atoms with Crippen molar-refractivity contribution in [2.45, 2.75) is 46.1 Å². The fourth-order valence-corrected chi connectivity index (χ4v) is 2.42. The highest BCUT2D eigenvalue weighted by molar-refractivity contribution is 5.98. The van der Waals surface area contributed by atoms with E-state index in [0.717, 1.165) is 19.3 Å². The van der Waals surface area contributed by atoms with E-state index in [2.05, 4.69) is 31.4 Å². The van der Waals surface area contributed by atoms with Crippen LogP contribution in [0.3, 0.4) is 0 Å². The molecule has 114 valence electrons. The Morgan fingerprint density at radius 1 is 1.29 bits per heavy atom. The first-order valence-electron chi connectivity index (χ1n) is 7.76. The highest BCUT2D eigenvalue weighted by Gasteiger charge is 2.39. The zero-order chi connectivity index (χ0) is 15.4. The SMILES string of the molecule is CCC(CC)NC(=O)c1cccc(NC(=O)C2CC2C)c1. The maximum Gasteiger partial charge on any atom is 0.251 e. The van der Waals surface area contributed by atoms with Crippen molar-refractivity contribution in [2.75, 3.05) is 5.32 Å². The molecule has 2 N–H and O–H groups in total. The zero-order valence-corrected chi connectivity index (χ0v) is 13.0. The second-order valence-corrected chi connectivity index (χ2v) is 5.88. The van der Waals surface area contributed by atoms with Gasteiger partial charge < -0.3 is 10.6 Å². The van der Waals surface area contributed by atoms with E-state index in [-0.39, 0.29) is 23.8 Å². The van der Waals surface area contributed by atoms with Crippen LogP contribution in [-0.2, 0) is 4.79 Å². The van der Waals surface area contributed by atoms with E-state index < -0.39 is 0 Å². The minimum Gasteiger partial charge on any atom is -0.349 e. The lowest BCUT2D eigenvalue weighted by atomic mass is 10.1. The van der Waals surface area contributed by atoms with Crippen molar-refractivity contribution in [1.29, 1.82) is 0 Å². The number of amides is 2. The van der Waals surface area contributed by atoms with Crippen molar-refractivity contribution >= 4 is 17.5 Å². The van der Waals surface area contributed by atoms with Crippen molar-refractivity contribution in [3.8, 4) is 0 Å². The lowest BCUT2D eigenvalue weighted by Gasteiger charge is -2.15. The van der Waals surface area contributed by atoms with E-state index in [0.29, 0.717) is 17.2 Å². The Morgan fingerprint density at radius 2 is 1.95 bits per heavy atom. The number of hydrogen-bond donors (Lipinski definition) is 2. The minimum atomic E-state index is -0.0837. The second kappa shape index (κ2) is 6.74. The largest absolute Gasteiger partial charge is 0.349 e. The van der Waals surface area contributed by atoms with Gasteiger partial charge in [-0.15, -0.1) is 0 Å². The fourth-order valence-electron chi connectivity index (χ4n) is 2.42. The molecule has 4 heteroatoms. The van der Waals surface area contributed by atoms with Gasteiger partial charge in [-0.25, -0.2) is 0 Å². The lowest BCUT2D eigenvalue weighted by molar-refractivity contribution is -0.117. The van der Waals surface area contributed by atoms with Crippen LogP contribution in [0.15, 0.2) is 24.3 Å². The summed E-state index contributed by atoms with van der Waals surface area (Å²) in [7, 11) is 0. The molecule has 1 aromatic rings. The summed E-state index contributed by atoms with van der Waals surface area (Å²) in [4.78, 5) is 24.1. The van der Waals surface area contributed by atoms with Crippen LogP contribution >= 0.6 is 0 Å². The van der Waals surface area contributed by atoms with Crippen molar-refractivity contribution in [3.63, 3.8) is 0 Å². The van der Waals surface area contributed by atoms with Crippen molar-refractivity contribution in [3.05, 3.63) is 29.8 Å². The third kappa shape index (κ3) is 4.06. The summed E-state index contributed by atoms with van der Waals surface area (Å²) < 4.78 is 0. The minimum absolute atomic E-state index is 0.0556. The van der Waals surface area contributed by atoms with Crippen LogP contribution in [0, 0.1) is 11.8 Å². The van der Waals surface area contributed by atoms with Gasteiger partial charge in [-0.3, -0.25) is 9.59 Å². The molecular formula is C17H24N2O2. The molecule has 21 heavy (non-hydrogen) atoms. The van der Waals surface area contributed by atoms with Crippen LogP contribution in [0.25, 0.3) is 0 Å². The van der Waals surface area contributed by atoms with Gasteiger partial charge >= 0.3 is 0 Å². The molecule has 1 fully saturated rings. The monoisotopic (exact) mass is 288 g/mol. The van der Waals surface area contributed by atoms with Crippen molar-refractivity contribution < 1.29 is 9.59 Å². The van der Waals surface area contributed by atoms with Gasteiger partial charge in [0.15, 0.2) is 0 Å². The molecule has 2 atom stereocenters. The number of carbonyl (C=O) groups is 2. The molecule has 1 aliphatic carbocycles. The predicted octanol–water partition coefficient (Wildman–Crippen LogP) is 3.20. The molecule has 0 aromatic heterocycles. The standard InChI is InChI=1S/C17H24N2O2/c1-4-13(5-2)18-16(20)12-7-6-8-14(10-12)19-17(21)15-9-11(15)3/h6-8,10-11,13,15H,4-5,9H2,1-3H3,(H,18,20)(H,19,21). The molecule has 0 radical (unpaired) electrons. The van der Waals surface area contributed by atoms with Gasteiger partial charge in [0.05, 0.1) is 0 Å².